The normalized spacial score (nSPS) is 12.1. The third-order valence-electron chi connectivity index (χ3n) is 4.76. The highest BCUT2D eigenvalue weighted by molar-refractivity contribution is 6.30. The van der Waals surface area contributed by atoms with Crippen molar-refractivity contribution in [1.82, 2.24) is 15.4 Å². The third-order valence-corrected chi connectivity index (χ3v) is 5.02. The van der Waals surface area contributed by atoms with Crippen LogP contribution in [0.4, 0.5) is 0 Å². The predicted octanol–water partition coefficient (Wildman–Crippen LogP) is 4.81. The molecule has 0 saturated heterocycles. The van der Waals surface area contributed by atoms with E-state index in [0.717, 1.165) is 24.2 Å². The molecule has 1 aromatic heterocycles. The number of aromatic nitrogens is 1. The van der Waals surface area contributed by atoms with Crippen LogP contribution in [0.3, 0.4) is 0 Å². The topological polar surface area (TPSA) is 58.4 Å². The second kappa shape index (κ2) is 9.53. The molecule has 1 atom stereocenters. The highest BCUT2D eigenvalue weighted by Gasteiger charge is 2.20. The number of carbonyl (C=O) groups is 1. The second-order valence-electron chi connectivity index (χ2n) is 6.44. The number of likely N-dealkylation sites (N-methyl/N-ethyl adjacent to an activating group) is 1. The van der Waals surface area contributed by atoms with Gasteiger partial charge in [-0.15, -0.1) is 0 Å². The Morgan fingerprint density at radius 3 is 2.43 bits per heavy atom. The molecule has 2 aromatic carbocycles. The highest BCUT2D eigenvalue weighted by Crippen LogP contribution is 2.23. The number of benzene rings is 2. The summed E-state index contributed by atoms with van der Waals surface area (Å²) in [6.07, 6.45) is 0. The number of hydrogen-bond donors (Lipinski definition) is 1. The van der Waals surface area contributed by atoms with Gasteiger partial charge in [-0.05, 0) is 30.8 Å². The Morgan fingerprint density at radius 1 is 1.11 bits per heavy atom. The Bertz CT molecular complexity index is 890. The molecule has 3 rings (SSSR count). The van der Waals surface area contributed by atoms with E-state index in [2.05, 4.69) is 29.2 Å². The van der Waals surface area contributed by atoms with Gasteiger partial charge >= 0.3 is 0 Å². The molecule has 28 heavy (non-hydrogen) atoms. The average molecular weight is 398 g/mol. The van der Waals surface area contributed by atoms with Crippen molar-refractivity contribution in [3.05, 3.63) is 76.9 Å². The number of nitrogens with one attached hydrogen (secondary N) is 1. The van der Waals surface area contributed by atoms with Gasteiger partial charge in [0.1, 0.15) is 0 Å². The lowest BCUT2D eigenvalue weighted by atomic mass is 10.0. The van der Waals surface area contributed by atoms with E-state index >= 15 is 0 Å². The summed E-state index contributed by atoms with van der Waals surface area (Å²) in [5, 5.41) is 7.61. The van der Waals surface area contributed by atoms with E-state index in [9.17, 15) is 4.79 Å². The fraction of sp³-hybridized carbons (Fsp3) is 0.273. The van der Waals surface area contributed by atoms with Crippen LogP contribution in [0.25, 0.3) is 11.3 Å². The van der Waals surface area contributed by atoms with Crippen LogP contribution in [-0.4, -0.2) is 35.6 Å². The first-order valence-electron chi connectivity index (χ1n) is 9.42. The van der Waals surface area contributed by atoms with Gasteiger partial charge in [0.05, 0.1) is 6.04 Å². The summed E-state index contributed by atoms with van der Waals surface area (Å²) in [4.78, 5) is 14.9. The molecule has 0 aliphatic rings. The number of rotatable bonds is 8. The molecule has 0 spiro atoms. The number of halogens is 1. The largest absolute Gasteiger partial charge is 0.355 e. The first-order valence-corrected chi connectivity index (χ1v) is 9.80. The lowest BCUT2D eigenvalue weighted by molar-refractivity contribution is 0.0926. The molecule has 1 N–H and O–H groups in total. The molecule has 0 aliphatic heterocycles. The van der Waals surface area contributed by atoms with E-state index in [4.69, 9.17) is 16.1 Å². The van der Waals surface area contributed by atoms with Crippen molar-refractivity contribution in [2.45, 2.75) is 19.9 Å². The van der Waals surface area contributed by atoms with Gasteiger partial charge < -0.3 is 9.84 Å². The van der Waals surface area contributed by atoms with Gasteiger partial charge in [0.15, 0.2) is 11.5 Å². The minimum absolute atomic E-state index is 0.0525. The molecular formula is C22H24ClN3O2. The molecule has 0 radical (unpaired) electrons. The van der Waals surface area contributed by atoms with Crippen molar-refractivity contribution < 1.29 is 9.32 Å². The summed E-state index contributed by atoms with van der Waals surface area (Å²) in [5.74, 6) is 0.320. The number of nitrogens with zero attached hydrogens (tertiary/aromatic N) is 2. The smallest absolute Gasteiger partial charge is 0.273 e. The summed E-state index contributed by atoms with van der Waals surface area (Å²) in [7, 11) is 0. The molecule has 0 aliphatic carbocycles. The van der Waals surface area contributed by atoms with Gasteiger partial charge in [-0.1, -0.05) is 73.1 Å². The monoisotopic (exact) mass is 397 g/mol. The quantitative estimate of drug-likeness (QED) is 0.592. The predicted molar refractivity (Wildman–Crippen MR) is 111 cm³/mol. The number of hydrogen-bond acceptors (Lipinski definition) is 4. The highest BCUT2D eigenvalue weighted by atomic mass is 35.5. The molecule has 1 unspecified atom stereocenters. The van der Waals surface area contributed by atoms with Gasteiger partial charge in [-0.3, -0.25) is 9.69 Å². The van der Waals surface area contributed by atoms with Crippen LogP contribution in [0, 0.1) is 0 Å². The van der Waals surface area contributed by atoms with Crippen molar-refractivity contribution in [3.63, 3.8) is 0 Å². The average Bonchev–Trinajstić information content (AvgIpc) is 3.23. The molecule has 1 amide bonds. The SMILES string of the molecule is CCN(CC)C(CNC(=O)c1cc(-c2ccccc2)on1)c1ccc(Cl)cc1. The van der Waals surface area contributed by atoms with Crippen molar-refractivity contribution in [2.75, 3.05) is 19.6 Å². The van der Waals surface area contributed by atoms with Crippen molar-refractivity contribution in [1.29, 1.82) is 0 Å². The Kier molecular flexibility index (Phi) is 6.85. The van der Waals surface area contributed by atoms with Crippen LogP contribution >= 0.6 is 11.6 Å². The third kappa shape index (κ3) is 4.80. The molecule has 0 fully saturated rings. The Hall–Kier alpha value is -2.63. The molecule has 3 aromatic rings. The zero-order chi connectivity index (χ0) is 19.9. The lowest BCUT2D eigenvalue weighted by Gasteiger charge is -2.30. The molecule has 6 heteroatoms. The van der Waals surface area contributed by atoms with Gasteiger partial charge in [-0.25, -0.2) is 0 Å². The number of carbonyl (C=O) groups excluding carboxylic acids is 1. The van der Waals surface area contributed by atoms with E-state index in [0.29, 0.717) is 17.3 Å². The van der Waals surface area contributed by atoms with Crippen LogP contribution in [0.15, 0.2) is 65.2 Å². The Labute approximate surface area is 170 Å². The van der Waals surface area contributed by atoms with Crippen LogP contribution in [0.2, 0.25) is 5.02 Å². The van der Waals surface area contributed by atoms with Crippen molar-refractivity contribution >= 4 is 17.5 Å². The van der Waals surface area contributed by atoms with Crippen LogP contribution < -0.4 is 5.32 Å². The maximum Gasteiger partial charge on any atom is 0.273 e. The van der Waals surface area contributed by atoms with Crippen LogP contribution in [0.1, 0.15) is 35.9 Å². The van der Waals surface area contributed by atoms with Gasteiger partial charge in [0.25, 0.3) is 5.91 Å². The number of amides is 1. The lowest BCUT2D eigenvalue weighted by Crippen LogP contribution is -2.38. The Balaban J connectivity index is 1.71. The summed E-state index contributed by atoms with van der Waals surface area (Å²) < 4.78 is 5.33. The minimum Gasteiger partial charge on any atom is -0.355 e. The van der Waals surface area contributed by atoms with Crippen molar-refractivity contribution in [3.8, 4) is 11.3 Å². The van der Waals surface area contributed by atoms with Crippen LogP contribution in [-0.2, 0) is 0 Å². The molecule has 5 nitrogen and oxygen atoms in total. The first-order chi connectivity index (χ1) is 13.6. The minimum atomic E-state index is -0.253. The van der Waals surface area contributed by atoms with E-state index < -0.39 is 0 Å². The van der Waals surface area contributed by atoms with E-state index in [-0.39, 0.29) is 17.6 Å². The van der Waals surface area contributed by atoms with E-state index in [1.807, 2.05) is 54.6 Å². The van der Waals surface area contributed by atoms with Crippen molar-refractivity contribution in [2.24, 2.45) is 0 Å². The summed E-state index contributed by atoms with van der Waals surface area (Å²) >= 11 is 6.02. The molecule has 1 heterocycles. The van der Waals surface area contributed by atoms with E-state index in [1.165, 1.54) is 0 Å². The zero-order valence-electron chi connectivity index (χ0n) is 16.1. The fourth-order valence-electron chi connectivity index (χ4n) is 3.21. The first kappa shape index (κ1) is 20.1. The molecular weight excluding hydrogens is 374 g/mol. The molecule has 146 valence electrons. The van der Waals surface area contributed by atoms with Crippen LogP contribution in [0.5, 0.6) is 0 Å². The maximum absolute atomic E-state index is 12.6. The summed E-state index contributed by atoms with van der Waals surface area (Å²) in [6.45, 7) is 6.44. The van der Waals surface area contributed by atoms with E-state index in [1.54, 1.807) is 6.07 Å². The second-order valence-corrected chi connectivity index (χ2v) is 6.88. The fourth-order valence-corrected chi connectivity index (χ4v) is 3.33. The Morgan fingerprint density at radius 2 is 1.79 bits per heavy atom. The molecule has 0 saturated carbocycles. The summed E-state index contributed by atoms with van der Waals surface area (Å²) in [5.41, 5.74) is 2.27. The standard InChI is InChI=1S/C22H24ClN3O2/c1-3-26(4-2)20(16-10-12-18(23)13-11-16)15-24-22(27)19-14-21(28-25-19)17-8-6-5-7-9-17/h5-14,20H,3-4,15H2,1-2H3,(H,24,27). The van der Waals surface area contributed by atoms with Gasteiger partial charge in [-0.2, -0.15) is 0 Å². The molecule has 0 bridgehead atoms. The zero-order valence-corrected chi connectivity index (χ0v) is 16.8. The van der Waals surface area contributed by atoms with Gasteiger partial charge in [0, 0.05) is 23.2 Å². The van der Waals surface area contributed by atoms with Gasteiger partial charge in [0.2, 0.25) is 0 Å². The summed E-state index contributed by atoms with van der Waals surface area (Å²) in [6, 6.07) is 19.1. The maximum atomic E-state index is 12.6.